The van der Waals surface area contributed by atoms with Crippen molar-refractivity contribution < 1.29 is 4.79 Å². The predicted molar refractivity (Wildman–Crippen MR) is 89.1 cm³/mol. The Morgan fingerprint density at radius 3 is 2.59 bits per heavy atom. The summed E-state index contributed by atoms with van der Waals surface area (Å²) < 4.78 is 0. The zero-order chi connectivity index (χ0) is 15.3. The molecular formula is C19H26N2O. The van der Waals surface area contributed by atoms with Gasteiger partial charge in [-0.1, -0.05) is 25.1 Å². The van der Waals surface area contributed by atoms with E-state index in [1.165, 1.54) is 31.2 Å². The molecule has 118 valence electrons. The van der Waals surface area contributed by atoms with Gasteiger partial charge in [0.25, 0.3) is 0 Å². The highest BCUT2D eigenvalue weighted by molar-refractivity contribution is 5.96. The Kier molecular flexibility index (Phi) is 3.48. The summed E-state index contributed by atoms with van der Waals surface area (Å²) in [5, 5.41) is 0. The molecule has 2 saturated heterocycles. The molecule has 0 radical (unpaired) electrons. The molecule has 0 saturated carbocycles. The van der Waals surface area contributed by atoms with Crippen molar-refractivity contribution in [1.82, 2.24) is 4.90 Å². The van der Waals surface area contributed by atoms with Crippen LogP contribution in [0.1, 0.15) is 50.5 Å². The molecule has 1 aromatic rings. The van der Waals surface area contributed by atoms with Crippen LogP contribution in [0, 0.1) is 5.92 Å². The summed E-state index contributed by atoms with van der Waals surface area (Å²) in [5.41, 5.74) is 2.48. The SMILES string of the molecule is CC1CN(C(=O)CC2C[C@H]3CC[C@@H](C2)N3C)c2ccccc21. The number of amides is 1. The van der Waals surface area contributed by atoms with Gasteiger partial charge in [0.05, 0.1) is 0 Å². The largest absolute Gasteiger partial charge is 0.312 e. The molecule has 2 bridgehead atoms. The van der Waals surface area contributed by atoms with E-state index in [-0.39, 0.29) is 0 Å². The van der Waals surface area contributed by atoms with E-state index >= 15 is 0 Å². The number of piperidine rings is 1. The van der Waals surface area contributed by atoms with Crippen LogP contribution in [0.4, 0.5) is 5.69 Å². The van der Waals surface area contributed by atoms with Gasteiger partial charge in [-0.3, -0.25) is 4.79 Å². The highest BCUT2D eigenvalue weighted by atomic mass is 16.2. The number of fused-ring (bicyclic) bond motifs is 3. The second-order valence-electron chi connectivity index (χ2n) is 7.56. The Hall–Kier alpha value is -1.35. The maximum absolute atomic E-state index is 12.8. The average molecular weight is 298 g/mol. The molecule has 3 aliphatic rings. The maximum Gasteiger partial charge on any atom is 0.227 e. The number of para-hydroxylation sites is 1. The van der Waals surface area contributed by atoms with Crippen molar-refractivity contribution in [3.05, 3.63) is 29.8 Å². The molecule has 0 aliphatic carbocycles. The summed E-state index contributed by atoms with van der Waals surface area (Å²) in [4.78, 5) is 17.4. The van der Waals surface area contributed by atoms with Crippen molar-refractivity contribution in [2.24, 2.45) is 5.92 Å². The fourth-order valence-corrected chi connectivity index (χ4v) is 4.90. The third-order valence-corrected chi connectivity index (χ3v) is 6.18. The molecule has 3 aliphatic heterocycles. The molecule has 3 nitrogen and oxygen atoms in total. The average Bonchev–Trinajstić information content (AvgIpc) is 2.93. The van der Waals surface area contributed by atoms with Crippen LogP contribution >= 0.6 is 0 Å². The van der Waals surface area contributed by atoms with E-state index in [4.69, 9.17) is 0 Å². The van der Waals surface area contributed by atoms with Crippen molar-refractivity contribution >= 4 is 11.6 Å². The van der Waals surface area contributed by atoms with Crippen LogP contribution in [0.15, 0.2) is 24.3 Å². The van der Waals surface area contributed by atoms with Crippen molar-refractivity contribution in [3.8, 4) is 0 Å². The predicted octanol–water partition coefficient (Wildman–Crippen LogP) is 3.40. The normalized spacial score (nSPS) is 34.0. The van der Waals surface area contributed by atoms with Crippen LogP contribution in [0.3, 0.4) is 0 Å². The smallest absolute Gasteiger partial charge is 0.227 e. The summed E-state index contributed by atoms with van der Waals surface area (Å²) in [6, 6.07) is 9.85. The first-order valence-corrected chi connectivity index (χ1v) is 8.74. The summed E-state index contributed by atoms with van der Waals surface area (Å²) in [6.07, 6.45) is 5.82. The second kappa shape index (κ2) is 5.38. The zero-order valence-electron chi connectivity index (χ0n) is 13.7. The van der Waals surface area contributed by atoms with Crippen molar-refractivity contribution in [2.45, 2.75) is 57.0 Å². The van der Waals surface area contributed by atoms with E-state index in [1.807, 2.05) is 11.0 Å². The van der Waals surface area contributed by atoms with E-state index in [0.717, 1.165) is 30.7 Å². The van der Waals surface area contributed by atoms with E-state index < -0.39 is 0 Å². The number of anilines is 1. The fraction of sp³-hybridized carbons (Fsp3) is 0.632. The van der Waals surface area contributed by atoms with E-state index in [2.05, 4.69) is 37.1 Å². The third kappa shape index (κ3) is 2.26. The lowest BCUT2D eigenvalue weighted by Gasteiger charge is -2.36. The summed E-state index contributed by atoms with van der Waals surface area (Å²) in [7, 11) is 2.26. The van der Waals surface area contributed by atoms with Crippen LogP contribution in [0.5, 0.6) is 0 Å². The van der Waals surface area contributed by atoms with Gasteiger partial charge in [-0.05, 0) is 50.3 Å². The van der Waals surface area contributed by atoms with Crippen LogP contribution in [-0.2, 0) is 4.79 Å². The van der Waals surface area contributed by atoms with Gasteiger partial charge in [-0.2, -0.15) is 0 Å². The molecule has 2 unspecified atom stereocenters. The van der Waals surface area contributed by atoms with Crippen LogP contribution < -0.4 is 4.90 Å². The summed E-state index contributed by atoms with van der Waals surface area (Å²) in [5.74, 6) is 1.39. The number of carbonyl (C=O) groups is 1. The van der Waals surface area contributed by atoms with Gasteiger partial charge >= 0.3 is 0 Å². The minimum absolute atomic E-state index is 0.339. The molecule has 1 aromatic carbocycles. The lowest BCUT2D eigenvalue weighted by atomic mass is 9.88. The van der Waals surface area contributed by atoms with Crippen molar-refractivity contribution in [2.75, 3.05) is 18.5 Å². The molecule has 4 atom stereocenters. The number of benzene rings is 1. The van der Waals surface area contributed by atoms with Crippen LogP contribution in [0.2, 0.25) is 0 Å². The van der Waals surface area contributed by atoms with Gasteiger partial charge in [-0.15, -0.1) is 0 Å². The first-order chi connectivity index (χ1) is 10.6. The monoisotopic (exact) mass is 298 g/mol. The maximum atomic E-state index is 12.8. The molecular weight excluding hydrogens is 272 g/mol. The van der Waals surface area contributed by atoms with E-state index in [0.29, 0.717) is 17.7 Å². The third-order valence-electron chi connectivity index (χ3n) is 6.18. The topological polar surface area (TPSA) is 23.6 Å². The molecule has 22 heavy (non-hydrogen) atoms. The fourth-order valence-electron chi connectivity index (χ4n) is 4.90. The quantitative estimate of drug-likeness (QED) is 0.835. The molecule has 2 fully saturated rings. The number of rotatable bonds is 2. The van der Waals surface area contributed by atoms with Crippen LogP contribution in [-0.4, -0.2) is 36.5 Å². The summed E-state index contributed by atoms with van der Waals surface area (Å²) >= 11 is 0. The minimum atomic E-state index is 0.339. The Balaban J connectivity index is 1.46. The Morgan fingerprint density at radius 1 is 1.18 bits per heavy atom. The van der Waals surface area contributed by atoms with Gasteiger partial charge in [0.2, 0.25) is 5.91 Å². The summed E-state index contributed by atoms with van der Waals surface area (Å²) in [6.45, 7) is 3.08. The first-order valence-electron chi connectivity index (χ1n) is 8.74. The number of hydrogen-bond acceptors (Lipinski definition) is 2. The van der Waals surface area contributed by atoms with E-state index in [9.17, 15) is 4.79 Å². The zero-order valence-corrected chi connectivity index (χ0v) is 13.7. The Labute approximate surface area is 133 Å². The van der Waals surface area contributed by atoms with Gasteiger partial charge in [0, 0.05) is 36.7 Å². The highest BCUT2D eigenvalue weighted by Crippen LogP contribution is 2.40. The highest BCUT2D eigenvalue weighted by Gasteiger charge is 2.40. The minimum Gasteiger partial charge on any atom is -0.312 e. The lowest BCUT2D eigenvalue weighted by molar-refractivity contribution is -0.120. The molecule has 0 aromatic heterocycles. The Morgan fingerprint density at radius 2 is 1.86 bits per heavy atom. The Bertz CT molecular complexity index is 571. The van der Waals surface area contributed by atoms with Crippen molar-refractivity contribution in [3.63, 3.8) is 0 Å². The first kappa shape index (κ1) is 14.3. The van der Waals surface area contributed by atoms with Gasteiger partial charge < -0.3 is 9.80 Å². The molecule has 0 N–H and O–H groups in total. The van der Waals surface area contributed by atoms with Gasteiger partial charge in [-0.25, -0.2) is 0 Å². The number of nitrogens with zero attached hydrogens (tertiary/aromatic N) is 2. The number of carbonyl (C=O) groups excluding carboxylic acids is 1. The van der Waals surface area contributed by atoms with Gasteiger partial charge in [0.15, 0.2) is 0 Å². The molecule has 0 spiro atoms. The molecule has 3 heterocycles. The lowest BCUT2D eigenvalue weighted by Crippen LogP contribution is -2.41. The van der Waals surface area contributed by atoms with Crippen LogP contribution in [0.25, 0.3) is 0 Å². The number of hydrogen-bond donors (Lipinski definition) is 0. The molecule has 1 amide bonds. The van der Waals surface area contributed by atoms with E-state index in [1.54, 1.807) is 0 Å². The van der Waals surface area contributed by atoms with Gasteiger partial charge in [0.1, 0.15) is 0 Å². The molecule has 4 rings (SSSR count). The second-order valence-corrected chi connectivity index (χ2v) is 7.56. The standard InChI is InChI=1S/C19H26N2O/c1-13-12-21(18-6-4-3-5-17(13)18)19(22)11-14-9-15-7-8-16(10-14)20(15)2/h3-6,13-16H,7-12H2,1-2H3/t13?,14?,15-,16+. The molecule has 3 heteroatoms. The van der Waals surface area contributed by atoms with Crippen molar-refractivity contribution in [1.29, 1.82) is 0 Å².